The Labute approximate surface area is 97.6 Å². The number of nitro groups is 1. The van der Waals surface area contributed by atoms with Gasteiger partial charge >= 0.3 is 0 Å². The minimum atomic E-state index is -0.417. The zero-order valence-corrected chi connectivity index (χ0v) is 8.85. The second-order valence-corrected chi connectivity index (χ2v) is 3.32. The fraction of sp³-hybridized carbons (Fsp3) is 0. The molecule has 0 amide bonds. The highest BCUT2D eigenvalue weighted by Crippen LogP contribution is 2.14. The van der Waals surface area contributed by atoms with Crippen LogP contribution < -0.4 is 0 Å². The number of hydrogen-bond acceptors (Lipinski definition) is 4. The van der Waals surface area contributed by atoms with Gasteiger partial charge in [-0.3, -0.25) is 20.1 Å². The van der Waals surface area contributed by atoms with Gasteiger partial charge in [0.2, 0.25) is 0 Å². The van der Waals surface area contributed by atoms with Crippen molar-refractivity contribution >= 4 is 17.8 Å². The van der Waals surface area contributed by atoms with Gasteiger partial charge in [-0.15, -0.1) is 0 Å². The number of nitro benzene ring substituents is 1. The lowest BCUT2D eigenvalue weighted by atomic mass is 10.2. The SMILES string of the molecule is O=[N+]([O-])c1cccc(C=Cc2cnccn2)c1. The maximum atomic E-state index is 10.6. The van der Waals surface area contributed by atoms with E-state index in [4.69, 9.17) is 0 Å². The van der Waals surface area contributed by atoms with Crippen LogP contribution in [-0.2, 0) is 0 Å². The standard InChI is InChI=1S/C12H9N3O2/c16-15(17)12-3-1-2-10(8-12)4-5-11-9-13-6-7-14-11/h1-9H. The van der Waals surface area contributed by atoms with Gasteiger partial charge in [0.25, 0.3) is 5.69 Å². The molecule has 0 bridgehead atoms. The molecule has 0 aliphatic carbocycles. The van der Waals surface area contributed by atoms with Crippen molar-refractivity contribution in [2.45, 2.75) is 0 Å². The van der Waals surface area contributed by atoms with Crippen LogP contribution in [0.3, 0.4) is 0 Å². The Hall–Kier alpha value is -2.56. The fourth-order valence-corrected chi connectivity index (χ4v) is 1.32. The summed E-state index contributed by atoms with van der Waals surface area (Å²) in [6.07, 6.45) is 8.31. The van der Waals surface area contributed by atoms with E-state index in [0.29, 0.717) is 5.69 Å². The molecule has 0 radical (unpaired) electrons. The molecule has 0 N–H and O–H groups in total. The predicted octanol–water partition coefficient (Wildman–Crippen LogP) is 2.56. The summed E-state index contributed by atoms with van der Waals surface area (Å²) in [7, 11) is 0. The van der Waals surface area contributed by atoms with Crippen molar-refractivity contribution in [1.82, 2.24) is 9.97 Å². The zero-order valence-electron chi connectivity index (χ0n) is 8.85. The number of aromatic nitrogens is 2. The molecule has 1 aromatic heterocycles. The van der Waals surface area contributed by atoms with E-state index in [0.717, 1.165) is 5.56 Å². The second-order valence-electron chi connectivity index (χ2n) is 3.32. The Morgan fingerprint density at radius 1 is 1.24 bits per heavy atom. The highest BCUT2D eigenvalue weighted by molar-refractivity contribution is 5.68. The van der Waals surface area contributed by atoms with Gasteiger partial charge in [-0.1, -0.05) is 18.2 Å². The van der Waals surface area contributed by atoms with Gasteiger partial charge in [-0.2, -0.15) is 0 Å². The van der Waals surface area contributed by atoms with Gasteiger partial charge in [0.05, 0.1) is 16.8 Å². The molecule has 0 aliphatic rings. The highest BCUT2D eigenvalue weighted by Gasteiger charge is 2.03. The van der Waals surface area contributed by atoms with Crippen molar-refractivity contribution in [3.63, 3.8) is 0 Å². The first-order chi connectivity index (χ1) is 8.25. The number of hydrogen-bond donors (Lipinski definition) is 0. The van der Waals surface area contributed by atoms with E-state index in [9.17, 15) is 10.1 Å². The van der Waals surface area contributed by atoms with Crippen molar-refractivity contribution in [3.8, 4) is 0 Å². The first kappa shape index (κ1) is 10.9. The van der Waals surface area contributed by atoms with Crippen molar-refractivity contribution in [1.29, 1.82) is 0 Å². The molecular weight excluding hydrogens is 218 g/mol. The zero-order chi connectivity index (χ0) is 12.1. The van der Waals surface area contributed by atoms with Crippen LogP contribution in [0, 0.1) is 10.1 Å². The summed E-state index contributed by atoms with van der Waals surface area (Å²) in [5, 5.41) is 10.6. The van der Waals surface area contributed by atoms with Gasteiger partial charge in [0.15, 0.2) is 0 Å². The molecule has 0 unspecified atom stereocenters. The van der Waals surface area contributed by atoms with Crippen LogP contribution in [0.1, 0.15) is 11.3 Å². The first-order valence-electron chi connectivity index (χ1n) is 4.94. The lowest BCUT2D eigenvalue weighted by Crippen LogP contribution is -1.87. The molecule has 0 fully saturated rings. The summed E-state index contributed by atoms with van der Waals surface area (Å²) in [6, 6.07) is 6.40. The average molecular weight is 227 g/mol. The monoisotopic (exact) mass is 227 g/mol. The minimum absolute atomic E-state index is 0.0753. The quantitative estimate of drug-likeness (QED) is 0.596. The predicted molar refractivity (Wildman–Crippen MR) is 64.1 cm³/mol. The van der Waals surface area contributed by atoms with Crippen molar-refractivity contribution in [2.75, 3.05) is 0 Å². The van der Waals surface area contributed by atoms with E-state index in [1.165, 1.54) is 12.1 Å². The van der Waals surface area contributed by atoms with Crippen LogP contribution in [0.25, 0.3) is 12.2 Å². The Balaban J connectivity index is 2.22. The van der Waals surface area contributed by atoms with E-state index in [1.54, 1.807) is 42.9 Å². The summed E-state index contributed by atoms with van der Waals surface area (Å²) in [5.74, 6) is 0. The van der Waals surface area contributed by atoms with Crippen LogP contribution in [0.4, 0.5) is 5.69 Å². The summed E-state index contributed by atoms with van der Waals surface area (Å²) in [4.78, 5) is 18.2. The molecule has 2 rings (SSSR count). The number of benzene rings is 1. The Kier molecular flexibility index (Phi) is 3.20. The normalized spacial score (nSPS) is 10.6. The Morgan fingerprint density at radius 3 is 2.82 bits per heavy atom. The maximum absolute atomic E-state index is 10.6. The number of non-ortho nitro benzene ring substituents is 1. The third-order valence-corrected chi connectivity index (χ3v) is 2.11. The largest absolute Gasteiger partial charge is 0.270 e. The molecule has 0 atom stereocenters. The molecule has 1 heterocycles. The van der Waals surface area contributed by atoms with Crippen LogP contribution in [0.5, 0.6) is 0 Å². The fourth-order valence-electron chi connectivity index (χ4n) is 1.32. The molecular formula is C12H9N3O2. The Morgan fingerprint density at radius 2 is 2.12 bits per heavy atom. The smallest absolute Gasteiger partial charge is 0.261 e. The van der Waals surface area contributed by atoms with Gasteiger partial charge in [0, 0.05) is 24.5 Å². The minimum Gasteiger partial charge on any atom is -0.261 e. The summed E-state index contributed by atoms with van der Waals surface area (Å²) < 4.78 is 0. The van der Waals surface area contributed by atoms with E-state index < -0.39 is 4.92 Å². The summed E-state index contributed by atoms with van der Waals surface area (Å²) >= 11 is 0. The molecule has 0 saturated heterocycles. The molecule has 0 saturated carbocycles. The molecule has 84 valence electrons. The number of rotatable bonds is 3. The molecule has 1 aromatic carbocycles. The van der Waals surface area contributed by atoms with Gasteiger partial charge in [-0.25, -0.2) is 0 Å². The molecule has 0 spiro atoms. The van der Waals surface area contributed by atoms with Crippen LogP contribution in [-0.4, -0.2) is 14.9 Å². The van der Waals surface area contributed by atoms with Crippen molar-refractivity contribution in [2.24, 2.45) is 0 Å². The van der Waals surface area contributed by atoms with E-state index >= 15 is 0 Å². The van der Waals surface area contributed by atoms with Crippen LogP contribution >= 0.6 is 0 Å². The lowest BCUT2D eigenvalue weighted by Gasteiger charge is -1.94. The number of nitrogens with zero attached hydrogens (tertiary/aromatic N) is 3. The third-order valence-electron chi connectivity index (χ3n) is 2.11. The van der Waals surface area contributed by atoms with Gasteiger partial charge in [0.1, 0.15) is 0 Å². The van der Waals surface area contributed by atoms with E-state index in [2.05, 4.69) is 9.97 Å². The first-order valence-corrected chi connectivity index (χ1v) is 4.94. The van der Waals surface area contributed by atoms with Crippen molar-refractivity contribution < 1.29 is 4.92 Å². The molecule has 5 heteroatoms. The molecule has 17 heavy (non-hydrogen) atoms. The lowest BCUT2D eigenvalue weighted by molar-refractivity contribution is -0.384. The van der Waals surface area contributed by atoms with Gasteiger partial charge in [-0.05, 0) is 11.6 Å². The second kappa shape index (κ2) is 4.98. The van der Waals surface area contributed by atoms with Crippen molar-refractivity contribution in [3.05, 3.63) is 64.2 Å². The van der Waals surface area contributed by atoms with Crippen LogP contribution in [0.2, 0.25) is 0 Å². The average Bonchev–Trinajstić information content (AvgIpc) is 2.38. The molecule has 5 nitrogen and oxygen atoms in total. The van der Waals surface area contributed by atoms with E-state index in [-0.39, 0.29) is 5.69 Å². The summed E-state index contributed by atoms with van der Waals surface area (Å²) in [5.41, 5.74) is 1.54. The summed E-state index contributed by atoms with van der Waals surface area (Å²) in [6.45, 7) is 0. The van der Waals surface area contributed by atoms with E-state index in [1.807, 2.05) is 0 Å². The topological polar surface area (TPSA) is 68.9 Å². The Bertz CT molecular complexity index is 553. The van der Waals surface area contributed by atoms with Crippen LogP contribution in [0.15, 0.2) is 42.9 Å². The molecule has 0 aliphatic heterocycles. The molecule has 2 aromatic rings. The van der Waals surface area contributed by atoms with Gasteiger partial charge < -0.3 is 0 Å². The third kappa shape index (κ3) is 2.94. The highest BCUT2D eigenvalue weighted by atomic mass is 16.6. The maximum Gasteiger partial charge on any atom is 0.270 e.